The van der Waals surface area contributed by atoms with Gasteiger partial charge in [0.1, 0.15) is 17.2 Å². The fraction of sp³-hybridized carbons (Fsp3) is 0.571. The number of halogens is 5. The summed E-state index contributed by atoms with van der Waals surface area (Å²) in [4.78, 5) is 0. The molecule has 2 aromatic rings. The molecule has 0 N–H and O–H groups in total. The fourth-order valence-corrected chi connectivity index (χ4v) is 6.19. The first-order valence-electron chi connectivity index (χ1n) is 12.4. The molecule has 2 saturated carbocycles. The van der Waals surface area contributed by atoms with Gasteiger partial charge in [0.05, 0.1) is 0 Å². The summed E-state index contributed by atoms with van der Waals surface area (Å²) in [6.07, 6.45) is 7.97. The van der Waals surface area contributed by atoms with Gasteiger partial charge in [-0.25, -0.2) is 8.78 Å². The lowest BCUT2D eigenvalue weighted by molar-refractivity contribution is -0.142. The predicted octanol–water partition coefficient (Wildman–Crippen LogP) is 9.53. The van der Waals surface area contributed by atoms with Crippen LogP contribution in [0, 0.1) is 29.4 Å². The van der Waals surface area contributed by atoms with Crippen molar-refractivity contribution in [2.75, 3.05) is 0 Å². The summed E-state index contributed by atoms with van der Waals surface area (Å²) in [5, 5.41) is 0. The molecule has 2 fully saturated rings. The molecule has 0 nitrogen and oxygen atoms in total. The Morgan fingerprint density at radius 3 is 2.06 bits per heavy atom. The number of rotatable bonds is 6. The van der Waals surface area contributed by atoms with Crippen molar-refractivity contribution in [3.63, 3.8) is 0 Å². The Hall–Kier alpha value is -1.91. The van der Waals surface area contributed by atoms with Crippen molar-refractivity contribution < 1.29 is 22.0 Å². The van der Waals surface area contributed by atoms with Crippen LogP contribution in [0.4, 0.5) is 22.0 Å². The topological polar surface area (TPSA) is 0 Å². The van der Waals surface area contributed by atoms with Crippen LogP contribution in [0.25, 0.3) is 11.1 Å². The molecule has 0 spiro atoms. The number of unbranched alkanes of at least 4 members (excludes halogenated alkanes) is 2. The fourth-order valence-electron chi connectivity index (χ4n) is 6.19. The minimum atomic E-state index is -5.05. The van der Waals surface area contributed by atoms with Gasteiger partial charge in [0.2, 0.25) is 0 Å². The third-order valence-corrected chi connectivity index (χ3v) is 7.98. The molecule has 0 amide bonds. The zero-order valence-electron chi connectivity index (χ0n) is 19.2. The average Bonchev–Trinajstić information content (AvgIpc) is 2.77. The van der Waals surface area contributed by atoms with Crippen LogP contribution in [0.1, 0.15) is 88.2 Å². The summed E-state index contributed by atoms with van der Waals surface area (Å²) in [6, 6.07) is 9.03. The van der Waals surface area contributed by atoms with Crippen molar-refractivity contribution in [3.05, 3.63) is 59.2 Å². The second kappa shape index (κ2) is 10.1. The molecule has 2 aromatic carbocycles. The van der Waals surface area contributed by atoms with E-state index >= 15 is 0 Å². The Bertz CT molecular complexity index is 907. The standard InChI is InChI=1S/C28H33F5/c1-2-3-4-5-18-6-7-23-15-22(13-12-21(23)14-18)19-8-10-20(11-9-19)24-16-25(29)27(26(30)17-24)28(31,32)33/h8-11,16-18,21-23H,2-7,12-15H2,1H3. The molecule has 5 heteroatoms. The molecule has 0 aliphatic heterocycles. The van der Waals surface area contributed by atoms with Crippen molar-refractivity contribution in [3.8, 4) is 11.1 Å². The number of benzene rings is 2. The summed E-state index contributed by atoms with van der Waals surface area (Å²) in [5.74, 6) is -0.144. The third-order valence-electron chi connectivity index (χ3n) is 7.98. The smallest absolute Gasteiger partial charge is 0.206 e. The molecule has 0 aromatic heterocycles. The van der Waals surface area contributed by atoms with E-state index in [-0.39, 0.29) is 5.56 Å². The lowest BCUT2D eigenvalue weighted by Gasteiger charge is -2.42. The highest BCUT2D eigenvalue weighted by Crippen LogP contribution is 2.48. The Labute approximate surface area is 193 Å². The molecular formula is C28H33F5. The molecule has 4 atom stereocenters. The van der Waals surface area contributed by atoms with Crippen LogP contribution in [0.2, 0.25) is 0 Å². The Morgan fingerprint density at radius 1 is 0.788 bits per heavy atom. The summed E-state index contributed by atoms with van der Waals surface area (Å²) in [6.45, 7) is 2.25. The van der Waals surface area contributed by atoms with Crippen molar-refractivity contribution in [1.29, 1.82) is 0 Å². The van der Waals surface area contributed by atoms with Crippen LogP contribution in [-0.2, 0) is 6.18 Å². The summed E-state index contributed by atoms with van der Waals surface area (Å²) >= 11 is 0. The Kier molecular flexibility index (Phi) is 7.45. The molecule has 180 valence electrons. The number of alkyl halides is 3. The minimum Gasteiger partial charge on any atom is -0.206 e. The molecule has 0 bridgehead atoms. The summed E-state index contributed by atoms with van der Waals surface area (Å²) in [5.41, 5.74) is 0.0241. The Balaban J connectivity index is 1.40. The van der Waals surface area contributed by atoms with E-state index < -0.39 is 23.4 Å². The number of fused-ring (bicyclic) bond motifs is 1. The maximum Gasteiger partial charge on any atom is 0.422 e. The van der Waals surface area contributed by atoms with E-state index in [9.17, 15) is 22.0 Å². The normalized spacial score (nSPS) is 25.6. The van der Waals surface area contributed by atoms with Gasteiger partial charge in [-0.15, -0.1) is 0 Å². The first-order valence-corrected chi connectivity index (χ1v) is 12.4. The molecular weight excluding hydrogens is 431 g/mol. The molecule has 0 saturated heterocycles. The summed E-state index contributed by atoms with van der Waals surface area (Å²) < 4.78 is 66.4. The van der Waals surface area contributed by atoms with Crippen molar-refractivity contribution in [1.82, 2.24) is 0 Å². The van der Waals surface area contributed by atoms with Gasteiger partial charge in [-0.3, -0.25) is 0 Å². The van der Waals surface area contributed by atoms with Crippen LogP contribution in [-0.4, -0.2) is 0 Å². The van der Waals surface area contributed by atoms with Gasteiger partial charge in [0.15, 0.2) is 0 Å². The van der Waals surface area contributed by atoms with Gasteiger partial charge >= 0.3 is 6.18 Å². The van der Waals surface area contributed by atoms with E-state index in [0.29, 0.717) is 11.5 Å². The second-order valence-electron chi connectivity index (χ2n) is 10.1. The molecule has 4 unspecified atom stereocenters. The van der Waals surface area contributed by atoms with Crippen molar-refractivity contribution >= 4 is 0 Å². The molecule has 33 heavy (non-hydrogen) atoms. The Morgan fingerprint density at radius 2 is 1.42 bits per heavy atom. The maximum absolute atomic E-state index is 14.0. The zero-order valence-corrected chi connectivity index (χ0v) is 19.2. The van der Waals surface area contributed by atoms with E-state index in [4.69, 9.17) is 0 Å². The van der Waals surface area contributed by atoms with Gasteiger partial charge in [-0.1, -0.05) is 63.3 Å². The van der Waals surface area contributed by atoms with Crippen LogP contribution < -0.4 is 0 Å². The lowest BCUT2D eigenvalue weighted by atomic mass is 9.63. The first kappa shape index (κ1) is 24.2. The van der Waals surface area contributed by atoms with E-state index in [1.54, 1.807) is 12.1 Å². The quantitative estimate of drug-likeness (QED) is 0.295. The van der Waals surface area contributed by atoms with Crippen LogP contribution in [0.5, 0.6) is 0 Å². The van der Waals surface area contributed by atoms with Gasteiger partial charge in [0.25, 0.3) is 0 Å². The van der Waals surface area contributed by atoms with E-state index in [0.717, 1.165) is 36.3 Å². The van der Waals surface area contributed by atoms with Gasteiger partial charge < -0.3 is 0 Å². The van der Waals surface area contributed by atoms with Gasteiger partial charge in [-0.05, 0) is 84.6 Å². The molecule has 4 rings (SSSR count). The highest BCUT2D eigenvalue weighted by atomic mass is 19.4. The highest BCUT2D eigenvalue weighted by Gasteiger charge is 2.38. The summed E-state index contributed by atoms with van der Waals surface area (Å²) in [7, 11) is 0. The molecule has 0 radical (unpaired) electrons. The highest BCUT2D eigenvalue weighted by molar-refractivity contribution is 5.64. The van der Waals surface area contributed by atoms with Crippen LogP contribution in [0.3, 0.4) is 0 Å². The third kappa shape index (κ3) is 5.60. The van der Waals surface area contributed by atoms with Crippen molar-refractivity contribution in [2.45, 2.75) is 83.2 Å². The molecule has 2 aliphatic rings. The van der Waals surface area contributed by atoms with E-state index in [2.05, 4.69) is 6.92 Å². The van der Waals surface area contributed by atoms with Gasteiger partial charge in [0, 0.05) is 0 Å². The van der Waals surface area contributed by atoms with Gasteiger partial charge in [-0.2, -0.15) is 13.2 Å². The number of hydrogen-bond acceptors (Lipinski definition) is 0. The van der Waals surface area contributed by atoms with Crippen molar-refractivity contribution in [2.24, 2.45) is 17.8 Å². The largest absolute Gasteiger partial charge is 0.422 e. The van der Waals surface area contributed by atoms with Crippen LogP contribution in [0.15, 0.2) is 36.4 Å². The molecule has 2 aliphatic carbocycles. The zero-order chi connectivity index (χ0) is 23.6. The maximum atomic E-state index is 14.0. The van der Waals surface area contributed by atoms with E-state index in [1.165, 1.54) is 63.4 Å². The second-order valence-corrected chi connectivity index (χ2v) is 10.1. The monoisotopic (exact) mass is 464 g/mol. The molecule has 0 heterocycles. The SMILES string of the molecule is CCCCCC1CCC2CC(c3ccc(-c4cc(F)c(C(F)(F)F)c(F)c4)cc3)CCC2C1. The average molecular weight is 465 g/mol. The predicted molar refractivity (Wildman–Crippen MR) is 122 cm³/mol. The van der Waals surface area contributed by atoms with Crippen LogP contribution >= 0.6 is 0 Å². The first-order chi connectivity index (χ1) is 15.8. The number of hydrogen-bond donors (Lipinski definition) is 0. The minimum absolute atomic E-state index is 0.120. The van der Waals surface area contributed by atoms with E-state index in [1.807, 2.05) is 12.1 Å². The lowest BCUT2D eigenvalue weighted by Crippen LogP contribution is -2.30.